The maximum Gasteiger partial charge on any atom is 0.0602 e. The van der Waals surface area contributed by atoms with Gasteiger partial charge in [-0.2, -0.15) is 0 Å². The van der Waals surface area contributed by atoms with Crippen molar-refractivity contribution in [3.8, 4) is 0 Å². The summed E-state index contributed by atoms with van der Waals surface area (Å²) in [6.07, 6.45) is 2.72. The molecule has 0 rings (SSSR count). The number of hydrogen-bond acceptors (Lipinski definition) is 2. The first-order chi connectivity index (χ1) is 5.95. The van der Waals surface area contributed by atoms with Gasteiger partial charge in [0.05, 0.1) is 11.7 Å². The second kappa shape index (κ2) is 6.39. The van der Waals surface area contributed by atoms with Gasteiger partial charge in [-0.3, -0.25) is 0 Å². The SMILES string of the molecule is CCNCCCC(C)OC(C)(C)C. The zero-order chi connectivity index (χ0) is 10.3. The van der Waals surface area contributed by atoms with E-state index in [1.807, 2.05) is 0 Å². The lowest BCUT2D eigenvalue weighted by atomic mass is 10.1. The van der Waals surface area contributed by atoms with Gasteiger partial charge in [0, 0.05) is 0 Å². The van der Waals surface area contributed by atoms with Crippen LogP contribution in [0.4, 0.5) is 0 Å². The molecule has 2 nitrogen and oxygen atoms in total. The molecule has 2 heteroatoms. The van der Waals surface area contributed by atoms with Crippen molar-refractivity contribution < 1.29 is 4.74 Å². The summed E-state index contributed by atoms with van der Waals surface area (Å²) in [6.45, 7) is 12.8. The van der Waals surface area contributed by atoms with Crippen molar-refractivity contribution >= 4 is 0 Å². The minimum absolute atomic E-state index is 0.00238. The van der Waals surface area contributed by atoms with Crippen molar-refractivity contribution in [2.75, 3.05) is 13.1 Å². The number of rotatable bonds is 6. The summed E-state index contributed by atoms with van der Waals surface area (Å²) in [7, 11) is 0. The van der Waals surface area contributed by atoms with Gasteiger partial charge in [0.1, 0.15) is 0 Å². The van der Waals surface area contributed by atoms with Crippen molar-refractivity contribution in [2.24, 2.45) is 0 Å². The molecule has 0 spiro atoms. The van der Waals surface area contributed by atoms with Crippen LogP contribution in [0.1, 0.15) is 47.5 Å². The molecule has 0 bridgehead atoms. The normalized spacial score (nSPS) is 14.5. The summed E-state index contributed by atoms with van der Waals surface area (Å²) in [5.41, 5.74) is -0.00238. The highest BCUT2D eigenvalue weighted by atomic mass is 16.5. The topological polar surface area (TPSA) is 21.3 Å². The van der Waals surface area contributed by atoms with E-state index < -0.39 is 0 Å². The van der Waals surface area contributed by atoms with Crippen molar-refractivity contribution in [3.05, 3.63) is 0 Å². The highest BCUT2D eigenvalue weighted by molar-refractivity contribution is 4.63. The molecule has 0 aromatic rings. The average Bonchev–Trinajstić information content (AvgIpc) is 1.94. The van der Waals surface area contributed by atoms with Gasteiger partial charge in [-0.1, -0.05) is 6.92 Å². The fourth-order valence-corrected chi connectivity index (χ4v) is 1.35. The first kappa shape index (κ1) is 12.9. The van der Waals surface area contributed by atoms with E-state index >= 15 is 0 Å². The van der Waals surface area contributed by atoms with Crippen LogP contribution in [0.3, 0.4) is 0 Å². The van der Waals surface area contributed by atoms with Gasteiger partial charge in [0.2, 0.25) is 0 Å². The Morgan fingerprint density at radius 1 is 1.31 bits per heavy atom. The Morgan fingerprint density at radius 3 is 2.38 bits per heavy atom. The molecule has 0 heterocycles. The Balaban J connectivity index is 3.35. The van der Waals surface area contributed by atoms with Gasteiger partial charge in [-0.05, 0) is 53.6 Å². The molecule has 0 saturated carbocycles. The molecule has 0 radical (unpaired) electrons. The van der Waals surface area contributed by atoms with Crippen LogP contribution in [0.2, 0.25) is 0 Å². The molecule has 13 heavy (non-hydrogen) atoms. The summed E-state index contributed by atoms with van der Waals surface area (Å²) in [4.78, 5) is 0. The molecule has 1 unspecified atom stereocenters. The van der Waals surface area contributed by atoms with Crippen LogP contribution in [0.15, 0.2) is 0 Å². The summed E-state index contributed by atoms with van der Waals surface area (Å²) >= 11 is 0. The quantitative estimate of drug-likeness (QED) is 0.645. The van der Waals surface area contributed by atoms with Crippen LogP contribution < -0.4 is 5.32 Å². The zero-order valence-electron chi connectivity index (χ0n) is 9.81. The summed E-state index contributed by atoms with van der Waals surface area (Å²) in [5, 5.41) is 3.31. The molecule has 0 aliphatic carbocycles. The van der Waals surface area contributed by atoms with E-state index in [9.17, 15) is 0 Å². The third kappa shape index (κ3) is 9.84. The van der Waals surface area contributed by atoms with E-state index in [1.165, 1.54) is 6.42 Å². The molecule has 0 aliphatic rings. The Hall–Kier alpha value is -0.0800. The van der Waals surface area contributed by atoms with E-state index in [0.29, 0.717) is 6.10 Å². The molecule has 0 aromatic carbocycles. The molecule has 0 amide bonds. The molecule has 1 N–H and O–H groups in total. The fourth-order valence-electron chi connectivity index (χ4n) is 1.35. The monoisotopic (exact) mass is 187 g/mol. The highest BCUT2D eigenvalue weighted by Crippen LogP contribution is 2.13. The Kier molecular flexibility index (Phi) is 6.35. The van der Waals surface area contributed by atoms with Crippen LogP contribution >= 0.6 is 0 Å². The molecule has 0 fully saturated rings. The number of hydrogen-bond donors (Lipinski definition) is 1. The maximum atomic E-state index is 5.79. The van der Waals surface area contributed by atoms with Crippen LogP contribution in [0.5, 0.6) is 0 Å². The van der Waals surface area contributed by atoms with E-state index in [-0.39, 0.29) is 5.60 Å². The third-order valence-corrected chi connectivity index (χ3v) is 1.77. The van der Waals surface area contributed by atoms with Crippen molar-refractivity contribution in [1.29, 1.82) is 0 Å². The lowest BCUT2D eigenvalue weighted by Gasteiger charge is -2.25. The molecule has 0 aliphatic heterocycles. The fraction of sp³-hybridized carbons (Fsp3) is 1.00. The number of nitrogens with one attached hydrogen (secondary N) is 1. The van der Waals surface area contributed by atoms with E-state index in [1.54, 1.807) is 0 Å². The van der Waals surface area contributed by atoms with Gasteiger partial charge in [-0.15, -0.1) is 0 Å². The van der Waals surface area contributed by atoms with E-state index in [0.717, 1.165) is 19.5 Å². The van der Waals surface area contributed by atoms with Crippen LogP contribution in [0, 0.1) is 0 Å². The molecule has 0 aromatic heterocycles. The standard InChI is InChI=1S/C11H25NO/c1-6-12-9-7-8-10(2)13-11(3,4)5/h10,12H,6-9H2,1-5H3. The molecule has 80 valence electrons. The second-order valence-corrected chi connectivity index (χ2v) is 4.54. The second-order valence-electron chi connectivity index (χ2n) is 4.54. The summed E-state index contributed by atoms with van der Waals surface area (Å²) < 4.78 is 5.79. The highest BCUT2D eigenvalue weighted by Gasteiger charge is 2.14. The Labute approximate surface area is 83.1 Å². The molecule has 0 saturated heterocycles. The van der Waals surface area contributed by atoms with Gasteiger partial charge in [-0.25, -0.2) is 0 Å². The van der Waals surface area contributed by atoms with Gasteiger partial charge >= 0.3 is 0 Å². The van der Waals surface area contributed by atoms with Crippen LogP contribution in [0.25, 0.3) is 0 Å². The Bertz CT molecular complexity index is 118. The number of ether oxygens (including phenoxy) is 1. The molecular weight excluding hydrogens is 162 g/mol. The summed E-state index contributed by atoms with van der Waals surface area (Å²) in [6, 6.07) is 0. The van der Waals surface area contributed by atoms with Crippen molar-refractivity contribution in [3.63, 3.8) is 0 Å². The first-order valence-electron chi connectivity index (χ1n) is 5.34. The van der Waals surface area contributed by atoms with Crippen LogP contribution in [-0.2, 0) is 4.74 Å². The largest absolute Gasteiger partial charge is 0.373 e. The van der Waals surface area contributed by atoms with Gasteiger partial charge in [0.25, 0.3) is 0 Å². The predicted octanol–water partition coefficient (Wildman–Crippen LogP) is 2.58. The minimum atomic E-state index is -0.00238. The zero-order valence-corrected chi connectivity index (χ0v) is 9.81. The molecular formula is C11H25NO. The smallest absolute Gasteiger partial charge is 0.0602 e. The van der Waals surface area contributed by atoms with E-state index in [2.05, 4.69) is 39.9 Å². The predicted molar refractivity (Wildman–Crippen MR) is 58.1 cm³/mol. The van der Waals surface area contributed by atoms with Crippen molar-refractivity contribution in [2.45, 2.75) is 59.2 Å². The van der Waals surface area contributed by atoms with Crippen molar-refractivity contribution in [1.82, 2.24) is 5.32 Å². The lowest BCUT2D eigenvalue weighted by Crippen LogP contribution is -2.26. The summed E-state index contributed by atoms with van der Waals surface area (Å²) in [5.74, 6) is 0. The maximum absolute atomic E-state index is 5.79. The Morgan fingerprint density at radius 2 is 1.92 bits per heavy atom. The van der Waals surface area contributed by atoms with Gasteiger partial charge < -0.3 is 10.1 Å². The lowest BCUT2D eigenvalue weighted by molar-refractivity contribution is -0.0546. The molecule has 1 atom stereocenters. The average molecular weight is 187 g/mol. The third-order valence-electron chi connectivity index (χ3n) is 1.77. The first-order valence-corrected chi connectivity index (χ1v) is 5.34. The van der Waals surface area contributed by atoms with Gasteiger partial charge in [0.15, 0.2) is 0 Å². The van der Waals surface area contributed by atoms with Crippen LogP contribution in [-0.4, -0.2) is 24.8 Å². The minimum Gasteiger partial charge on any atom is -0.373 e. The van der Waals surface area contributed by atoms with E-state index in [4.69, 9.17) is 4.74 Å².